The van der Waals surface area contributed by atoms with Crippen LogP contribution in [-0.4, -0.2) is 44.9 Å². The zero-order valence-corrected chi connectivity index (χ0v) is 6.05. The monoisotopic (exact) mass is 130 g/mol. The standard InChI is InChI=1S/C6H14N2O/c1-7-3-6-4-8(2)5-9-6/h6-7H,3-5H2,1-2H3. The van der Waals surface area contributed by atoms with Crippen LogP contribution >= 0.6 is 0 Å². The molecular formula is C6H14N2O. The smallest absolute Gasteiger partial charge is 0.0993 e. The molecule has 1 heterocycles. The third-order valence-corrected chi connectivity index (χ3v) is 1.48. The van der Waals surface area contributed by atoms with Gasteiger partial charge in [0.05, 0.1) is 12.8 Å². The molecule has 1 rings (SSSR count). The summed E-state index contributed by atoms with van der Waals surface area (Å²) in [5.41, 5.74) is 0. The molecule has 0 amide bonds. The first-order valence-corrected chi connectivity index (χ1v) is 3.27. The van der Waals surface area contributed by atoms with E-state index in [0.717, 1.165) is 19.8 Å². The van der Waals surface area contributed by atoms with Crippen LogP contribution < -0.4 is 5.32 Å². The Bertz CT molecular complexity index is 85.1. The average molecular weight is 130 g/mol. The van der Waals surface area contributed by atoms with Crippen LogP contribution in [0, 0.1) is 0 Å². The fourth-order valence-electron chi connectivity index (χ4n) is 1.04. The van der Waals surface area contributed by atoms with E-state index in [4.69, 9.17) is 4.74 Å². The van der Waals surface area contributed by atoms with E-state index in [2.05, 4.69) is 17.3 Å². The maximum Gasteiger partial charge on any atom is 0.0993 e. The summed E-state index contributed by atoms with van der Waals surface area (Å²) in [4.78, 5) is 2.17. The number of ether oxygens (including phenoxy) is 1. The van der Waals surface area contributed by atoms with Gasteiger partial charge in [0.1, 0.15) is 0 Å². The molecule has 0 spiro atoms. The molecule has 54 valence electrons. The number of nitrogens with zero attached hydrogens (tertiary/aromatic N) is 1. The first-order valence-electron chi connectivity index (χ1n) is 3.27. The van der Waals surface area contributed by atoms with Crippen molar-refractivity contribution in [3.05, 3.63) is 0 Å². The maximum atomic E-state index is 5.37. The molecule has 0 aliphatic carbocycles. The molecule has 0 radical (unpaired) electrons. The van der Waals surface area contributed by atoms with Crippen LogP contribution in [0.5, 0.6) is 0 Å². The van der Waals surface area contributed by atoms with Gasteiger partial charge in [0.15, 0.2) is 0 Å². The van der Waals surface area contributed by atoms with Crippen molar-refractivity contribution in [2.45, 2.75) is 6.10 Å². The second-order valence-electron chi connectivity index (χ2n) is 2.51. The highest BCUT2D eigenvalue weighted by atomic mass is 16.5. The van der Waals surface area contributed by atoms with Gasteiger partial charge in [0, 0.05) is 13.1 Å². The average Bonchev–Trinajstić information content (AvgIpc) is 2.17. The van der Waals surface area contributed by atoms with E-state index in [1.165, 1.54) is 0 Å². The molecule has 1 aliphatic heterocycles. The summed E-state index contributed by atoms with van der Waals surface area (Å²) < 4.78 is 5.37. The zero-order chi connectivity index (χ0) is 6.69. The van der Waals surface area contributed by atoms with E-state index in [0.29, 0.717) is 6.10 Å². The highest BCUT2D eigenvalue weighted by Gasteiger charge is 2.18. The molecule has 1 unspecified atom stereocenters. The Hall–Kier alpha value is -0.120. The normalized spacial score (nSPS) is 29.3. The van der Waals surface area contributed by atoms with E-state index in [9.17, 15) is 0 Å². The fraction of sp³-hybridized carbons (Fsp3) is 1.00. The molecule has 9 heavy (non-hydrogen) atoms. The summed E-state index contributed by atoms with van der Waals surface area (Å²) in [7, 11) is 4.01. The first-order chi connectivity index (χ1) is 4.33. The van der Waals surface area contributed by atoms with E-state index in [-0.39, 0.29) is 0 Å². The van der Waals surface area contributed by atoms with E-state index in [1.54, 1.807) is 0 Å². The Morgan fingerprint density at radius 2 is 2.56 bits per heavy atom. The molecule has 3 nitrogen and oxygen atoms in total. The number of hydrogen-bond acceptors (Lipinski definition) is 3. The Kier molecular flexibility index (Phi) is 2.45. The summed E-state index contributed by atoms with van der Waals surface area (Å²) >= 11 is 0. The largest absolute Gasteiger partial charge is 0.360 e. The van der Waals surface area contributed by atoms with Crippen molar-refractivity contribution < 1.29 is 4.74 Å². The second kappa shape index (κ2) is 3.15. The summed E-state index contributed by atoms with van der Waals surface area (Å²) in [6, 6.07) is 0. The van der Waals surface area contributed by atoms with Crippen LogP contribution in [0.1, 0.15) is 0 Å². The predicted octanol–water partition coefficient (Wildman–Crippen LogP) is -0.506. The molecule has 0 bridgehead atoms. The van der Waals surface area contributed by atoms with Gasteiger partial charge in [-0.25, -0.2) is 0 Å². The van der Waals surface area contributed by atoms with Gasteiger partial charge in [-0.3, -0.25) is 4.90 Å². The molecule has 1 aliphatic rings. The van der Waals surface area contributed by atoms with E-state index < -0.39 is 0 Å². The molecule has 1 N–H and O–H groups in total. The Morgan fingerprint density at radius 3 is 3.00 bits per heavy atom. The van der Waals surface area contributed by atoms with Crippen LogP contribution in [0.15, 0.2) is 0 Å². The van der Waals surface area contributed by atoms with Crippen LogP contribution in [0.4, 0.5) is 0 Å². The molecule has 0 saturated carbocycles. The lowest BCUT2D eigenvalue weighted by atomic mass is 10.3. The lowest BCUT2D eigenvalue weighted by molar-refractivity contribution is 0.0960. The van der Waals surface area contributed by atoms with Crippen molar-refractivity contribution in [3.8, 4) is 0 Å². The third kappa shape index (κ3) is 1.93. The first kappa shape index (κ1) is 6.99. The lowest BCUT2D eigenvalue weighted by Crippen LogP contribution is -2.27. The second-order valence-corrected chi connectivity index (χ2v) is 2.51. The summed E-state index contributed by atoms with van der Waals surface area (Å²) in [6.07, 6.45) is 0.403. The topological polar surface area (TPSA) is 24.5 Å². The maximum absolute atomic E-state index is 5.37. The third-order valence-electron chi connectivity index (χ3n) is 1.48. The van der Waals surface area contributed by atoms with Crippen LogP contribution in [0.3, 0.4) is 0 Å². The zero-order valence-electron chi connectivity index (χ0n) is 6.05. The Morgan fingerprint density at radius 1 is 1.78 bits per heavy atom. The van der Waals surface area contributed by atoms with Gasteiger partial charge in [0.2, 0.25) is 0 Å². The number of likely N-dealkylation sites (N-methyl/N-ethyl adjacent to an activating group) is 2. The molecular weight excluding hydrogens is 116 g/mol. The Balaban J connectivity index is 2.14. The van der Waals surface area contributed by atoms with Crippen molar-refractivity contribution in [2.75, 3.05) is 33.9 Å². The number of hydrogen-bond donors (Lipinski definition) is 1. The lowest BCUT2D eigenvalue weighted by Gasteiger charge is -2.05. The van der Waals surface area contributed by atoms with E-state index >= 15 is 0 Å². The van der Waals surface area contributed by atoms with Gasteiger partial charge >= 0.3 is 0 Å². The Labute approximate surface area is 56.0 Å². The fourth-order valence-corrected chi connectivity index (χ4v) is 1.04. The molecule has 0 aromatic rings. The minimum atomic E-state index is 0.403. The van der Waals surface area contributed by atoms with Gasteiger partial charge < -0.3 is 10.1 Å². The van der Waals surface area contributed by atoms with Gasteiger partial charge in [-0.15, -0.1) is 0 Å². The summed E-state index contributed by atoms with van der Waals surface area (Å²) in [5, 5.41) is 3.08. The van der Waals surface area contributed by atoms with Crippen molar-refractivity contribution in [1.29, 1.82) is 0 Å². The van der Waals surface area contributed by atoms with Gasteiger partial charge in [0.25, 0.3) is 0 Å². The molecule has 0 aromatic heterocycles. The quantitative estimate of drug-likeness (QED) is 0.545. The van der Waals surface area contributed by atoms with Crippen LogP contribution in [0.25, 0.3) is 0 Å². The van der Waals surface area contributed by atoms with Crippen molar-refractivity contribution >= 4 is 0 Å². The SMILES string of the molecule is CNCC1CN(C)CO1. The minimum absolute atomic E-state index is 0.403. The predicted molar refractivity (Wildman–Crippen MR) is 36.3 cm³/mol. The van der Waals surface area contributed by atoms with Gasteiger partial charge in [-0.2, -0.15) is 0 Å². The number of rotatable bonds is 2. The minimum Gasteiger partial charge on any atom is -0.360 e. The highest BCUT2D eigenvalue weighted by Crippen LogP contribution is 2.02. The van der Waals surface area contributed by atoms with Crippen molar-refractivity contribution in [3.63, 3.8) is 0 Å². The molecule has 3 heteroatoms. The van der Waals surface area contributed by atoms with Crippen molar-refractivity contribution in [1.82, 2.24) is 10.2 Å². The van der Waals surface area contributed by atoms with Crippen LogP contribution in [0.2, 0.25) is 0 Å². The molecule has 1 saturated heterocycles. The summed E-state index contributed by atoms with van der Waals surface area (Å²) in [6.45, 7) is 2.80. The summed E-state index contributed by atoms with van der Waals surface area (Å²) in [5.74, 6) is 0. The molecule has 0 aromatic carbocycles. The number of nitrogens with one attached hydrogen (secondary N) is 1. The van der Waals surface area contributed by atoms with Crippen LogP contribution in [-0.2, 0) is 4.74 Å². The van der Waals surface area contributed by atoms with E-state index in [1.807, 2.05) is 7.05 Å². The highest BCUT2D eigenvalue weighted by molar-refractivity contribution is 4.68. The van der Waals surface area contributed by atoms with Gasteiger partial charge in [-0.05, 0) is 14.1 Å². The van der Waals surface area contributed by atoms with Crippen molar-refractivity contribution in [2.24, 2.45) is 0 Å². The van der Waals surface area contributed by atoms with Gasteiger partial charge in [-0.1, -0.05) is 0 Å². The molecule has 1 atom stereocenters. The molecule has 1 fully saturated rings.